The van der Waals surface area contributed by atoms with Crippen LogP contribution in [0.2, 0.25) is 0 Å². The average molecular weight is 525 g/mol. The summed E-state index contributed by atoms with van der Waals surface area (Å²) in [6.07, 6.45) is -3.96. The molecule has 2 aliphatic heterocycles. The van der Waals surface area contributed by atoms with Crippen LogP contribution in [0.3, 0.4) is 0 Å². The van der Waals surface area contributed by atoms with Crippen LogP contribution in [0.25, 0.3) is 11.1 Å². The highest BCUT2D eigenvalue weighted by Crippen LogP contribution is 2.36. The largest absolute Gasteiger partial charge is 0.407 e. The molecule has 0 aromatic heterocycles. The molecular formula is C27H32F4N2O2S. The van der Waals surface area contributed by atoms with Gasteiger partial charge >= 0.3 is 6.18 Å². The van der Waals surface area contributed by atoms with E-state index < -0.39 is 42.5 Å². The van der Waals surface area contributed by atoms with Crippen molar-refractivity contribution >= 4 is 17.7 Å². The Balaban J connectivity index is 1.57. The molecule has 2 aromatic rings. The van der Waals surface area contributed by atoms with Crippen LogP contribution >= 0.6 is 11.8 Å². The van der Waals surface area contributed by atoms with Crippen LogP contribution in [0.4, 0.5) is 17.6 Å². The molecule has 36 heavy (non-hydrogen) atoms. The van der Waals surface area contributed by atoms with Gasteiger partial charge in [-0.05, 0) is 53.8 Å². The number of nitrogens with zero attached hydrogens (tertiary/aromatic N) is 1. The second kappa shape index (κ2) is 11.1. The zero-order valence-electron chi connectivity index (χ0n) is 20.6. The molecule has 1 amide bonds. The van der Waals surface area contributed by atoms with Crippen LogP contribution in [0.15, 0.2) is 53.4 Å². The number of hydrogen-bond acceptors (Lipinski definition) is 4. The van der Waals surface area contributed by atoms with Gasteiger partial charge in [-0.25, -0.2) is 4.39 Å². The fraction of sp³-hybridized carbons (Fsp3) is 0.519. The third kappa shape index (κ3) is 5.89. The Morgan fingerprint density at radius 1 is 1.11 bits per heavy atom. The lowest BCUT2D eigenvalue weighted by Crippen LogP contribution is -2.52. The number of likely N-dealkylation sites (tertiary alicyclic amines) is 1. The van der Waals surface area contributed by atoms with Gasteiger partial charge in [0.25, 0.3) is 0 Å². The first kappa shape index (κ1) is 26.9. The molecular weight excluding hydrogens is 492 g/mol. The first-order valence-corrected chi connectivity index (χ1v) is 13.4. The molecule has 4 nitrogen and oxygen atoms in total. The summed E-state index contributed by atoms with van der Waals surface area (Å²) in [5, 5.41) is 2.61. The van der Waals surface area contributed by atoms with Crippen LogP contribution in [-0.4, -0.2) is 60.8 Å². The Labute approximate surface area is 213 Å². The molecule has 0 spiro atoms. The summed E-state index contributed by atoms with van der Waals surface area (Å²) in [6, 6.07) is 10.5. The molecule has 0 aliphatic carbocycles. The zero-order valence-corrected chi connectivity index (χ0v) is 21.4. The van der Waals surface area contributed by atoms with Gasteiger partial charge in [0.05, 0.1) is 18.6 Å². The van der Waals surface area contributed by atoms with Crippen LogP contribution in [0.1, 0.15) is 38.3 Å². The summed E-state index contributed by atoms with van der Waals surface area (Å²) in [6.45, 7) is 3.90. The molecule has 1 N–H and O–H groups in total. The number of thioether (sulfide) groups is 1. The molecule has 4 rings (SSSR count). The number of nitrogens with one attached hydrogen (secondary N) is 1. The SMILES string of the molecule is CSc1ccc(-c2ccc(C(NC(CC(C)C)C(=O)N3C[C@H](F)[C@H]4OCC[C@H]43)C(F)(F)F)cc2)cc1. The monoisotopic (exact) mass is 524 g/mol. The number of amides is 1. The smallest absolute Gasteiger partial charge is 0.373 e. The van der Waals surface area contributed by atoms with Gasteiger partial charge in [-0.1, -0.05) is 50.2 Å². The lowest BCUT2D eigenvalue weighted by Gasteiger charge is -2.32. The van der Waals surface area contributed by atoms with E-state index in [0.717, 1.165) is 16.0 Å². The maximum Gasteiger partial charge on any atom is 0.407 e. The fourth-order valence-corrected chi connectivity index (χ4v) is 5.51. The number of alkyl halides is 4. The van der Waals surface area contributed by atoms with Gasteiger partial charge in [0, 0.05) is 11.5 Å². The summed E-state index contributed by atoms with van der Waals surface area (Å²) in [5.74, 6) is -0.532. The Morgan fingerprint density at radius 2 is 1.72 bits per heavy atom. The lowest BCUT2D eigenvalue weighted by atomic mass is 9.97. The molecule has 2 aliphatic rings. The van der Waals surface area contributed by atoms with E-state index >= 15 is 0 Å². The topological polar surface area (TPSA) is 41.6 Å². The minimum atomic E-state index is -4.62. The van der Waals surface area contributed by atoms with Crippen molar-refractivity contribution in [3.8, 4) is 11.1 Å². The first-order valence-electron chi connectivity index (χ1n) is 12.2. The van der Waals surface area contributed by atoms with Gasteiger partial charge < -0.3 is 9.64 Å². The zero-order chi connectivity index (χ0) is 26.0. The number of halogens is 4. The second-order valence-corrected chi connectivity index (χ2v) is 10.8. The van der Waals surface area contributed by atoms with E-state index in [1.807, 2.05) is 44.4 Å². The number of carbonyl (C=O) groups is 1. The van der Waals surface area contributed by atoms with Crippen molar-refractivity contribution in [3.63, 3.8) is 0 Å². The predicted molar refractivity (Wildman–Crippen MR) is 134 cm³/mol. The number of hydrogen-bond donors (Lipinski definition) is 1. The maximum absolute atomic E-state index is 14.4. The third-order valence-corrected chi connectivity index (χ3v) is 7.63. The van der Waals surface area contributed by atoms with Crippen LogP contribution in [0.5, 0.6) is 0 Å². The van der Waals surface area contributed by atoms with E-state index in [4.69, 9.17) is 4.74 Å². The van der Waals surface area contributed by atoms with Gasteiger partial charge in [-0.3, -0.25) is 10.1 Å². The lowest BCUT2D eigenvalue weighted by molar-refractivity contribution is -0.162. The summed E-state index contributed by atoms with van der Waals surface area (Å²) >= 11 is 1.62. The average Bonchev–Trinajstić information content (AvgIpc) is 3.44. The second-order valence-electron chi connectivity index (χ2n) is 9.87. The third-order valence-electron chi connectivity index (χ3n) is 6.88. The van der Waals surface area contributed by atoms with Crippen molar-refractivity contribution in [3.05, 3.63) is 54.1 Å². The van der Waals surface area contributed by atoms with Crippen molar-refractivity contribution < 1.29 is 27.1 Å². The molecule has 2 heterocycles. The molecule has 196 valence electrons. The summed E-state index contributed by atoms with van der Waals surface area (Å²) in [7, 11) is 0. The van der Waals surface area contributed by atoms with Crippen molar-refractivity contribution in [2.24, 2.45) is 5.92 Å². The van der Waals surface area contributed by atoms with E-state index in [2.05, 4.69) is 5.32 Å². The van der Waals surface area contributed by atoms with E-state index in [0.29, 0.717) is 13.0 Å². The Bertz CT molecular complexity index is 1030. The number of benzene rings is 2. The van der Waals surface area contributed by atoms with Gasteiger partial charge in [0.2, 0.25) is 5.91 Å². The molecule has 0 bridgehead atoms. The summed E-state index contributed by atoms with van der Waals surface area (Å²) in [5.41, 5.74) is 1.74. The number of carbonyl (C=O) groups excluding carboxylic acids is 1. The fourth-order valence-electron chi connectivity index (χ4n) is 5.10. The van der Waals surface area contributed by atoms with Crippen LogP contribution in [0, 0.1) is 5.92 Å². The molecule has 2 aromatic carbocycles. The van der Waals surface area contributed by atoms with Gasteiger partial charge in [-0.15, -0.1) is 11.8 Å². The summed E-state index contributed by atoms with van der Waals surface area (Å²) < 4.78 is 62.6. The van der Waals surface area contributed by atoms with E-state index in [1.165, 1.54) is 17.0 Å². The Morgan fingerprint density at radius 3 is 2.28 bits per heavy atom. The van der Waals surface area contributed by atoms with Crippen molar-refractivity contribution in [2.75, 3.05) is 19.4 Å². The molecule has 2 fully saturated rings. The minimum absolute atomic E-state index is 0.0282. The highest BCUT2D eigenvalue weighted by molar-refractivity contribution is 7.98. The van der Waals surface area contributed by atoms with E-state index in [1.54, 1.807) is 23.9 Å². The first-order chi connectivity index (χ1) is 17.1. The normalized spacial score (nSPS) is 23.7. The standard InChI is InChI=1S/C27H32F4N2O2S/c1-16(2)14-22(26(34)33-15-21(28)24-23(33)12-13-35-24)32-25(27(29,30)31)19-6-4-17(5-7-19)18-8-10-20(36-3)11-9-18/h4-11,16,21-25,32H,12-15H2,1-3H3/t21-,22?,23+,24+,25?/m0/s1. The Kier molecular flexibility index (Phi) is 8.32. The van der Waals surface area contributed by atoms with Crippen molar-refractivity contribution in [1.82, 2.24) is 10.2 Å². The quantitative estimate of drug-likeness (QED) is 0.339. The molecule has 2 unspecified atom stereocenters. The number of ether oxygens (including phenoxy) is 1. The van der Waals surface area contributed by atoms with Gasteiger partial charge in [-0.2, -0.15) is 13.2 Å². The minimum Gasteiger partial charge on any atom is -0.373 e. The van der Waals surface area contributed by atoms with Crippen LogP contribution in [-0.2, 0) is 9.53 Å². The Hall–Kier alpha value is -2.10. The van der Waals surface area contributed by atoms with E-state index in [9.17, 15) is 22.4 Å². The van der Waals surface area contributed by atoms with E-state index in [-0.39, 0.29) is 24.4 Å². The number of fused-ring (bicyclic) bond motifs is 1. The highest BCUT2D eigenvalue weighted by Gasteiger charge is 2.50. The molecule has 0 saturated carbocycles. The van der Waals surface area contributed by atoms with Crippen molar-refractivity contribution in [2.45, 2.75) is 68.2 Å². The molecule has 0 radical (unpaired) electrons. The highest BCUT2D eigenvalue weighted by atomic mass is 32.2. The van der Waals surface area contributed by atoms with Gasteiger partial charge in [0.15, 0.2) is 0 Å². The predicted octanol–water partition coefficient (Wildman–Crippen LogP) is 6.02. The molecule has 2 saturated heterocycles. The molecule has 5 atom stereocenters. The number of rotatable bonds is 8. The van der Waals surface area contributed by atoms with Crippen molar-refractivity contribution in [1.29, 1.82) is 0 Å². The molecule has 9 heteroatoms. The van der Waals surface area contributed by atoms with Gasteiger partial charge in [0.1, 0.15) is 18.3 Å². The summed E-state index contributed by atoms with van der Waals surface area (Å²) in [4.78, 5) is 15.9. The maximum atomic E-state index is 14.4. The van der Waals surface area contributed by atoms with Crippen LogP contribution < -0.4 is 5.32 Å².